The number of rotatable bonds is 4. The number of nitrogens with zero attached hydrogens (tertiary/aromatic N) is 4. The van der Waals surface area contributed by atoms with Crippen molar-refractivity contribution < 1.29 is 0 Å². The Morgan fingerprint density at radius 3 is 3.00 bits per heavy atom. The average Bonchev–Trinajstić information content (AvgIpc) is 2.21. The standard InChI is InChI=1S/C9H8Cl2N4/c10-8-4-6-13-9(11)7(8)3-1-2-5-14-15-12/h1,3-4,6H,2,5H2. The second kappa shape index (κ2) is 6.30. The lowest BCUT2D eigenvalue weighted by Gasteiger charge is -1.99. The van der Waals surface area contributed by atoms with E-state index in [0.29, 0.717) is 28.7 Å². The lowest BCUT2D eigenvalue weighted by atomic mass is 10.2. The number of aromatic nitrogens is 1. The lowest BCUT2D eigenvalue weighted by Crippen LogP contribution is -1.82. The number of azide groups is 1. The van der Waals surface area contributed by atoms with Gasteiger partial charge < -0.3 is 0 Å². The van der Waals surface area contributed by atoms with E-state index in [2.05, 4.69) is 15.0 Å². The minimum Gasteiger partial charge on any atom is -0.244 e. The summed E-state index contributed by atoms with van der Waals surface area (Å²) in [5.41, 5.74) is 8.74. The minimum atomic E-state index is 0.363. The Kier molecular flexibility index (Phi) is 4.98. The van der Waals surface area contributed by atoms with E-state index in [0.717, 1.165) is 0 Å². The molecule has 0 unspecified atom stereocenters. The molecule has 0 aliphatic rings. The van der Waals surface area contributed by atoms with E-state index in [4.69, 9.17) is 28.7 Å². The molecule has 0 spiro atoms. The summed E-state index contributed by atoms with van der Waals surface area (Å²) in [5.74, 6) is 0. The van der Waals surface area contributed by atoms with Gasteiger partial charge in [0.2, 0.25) is 0 Å². The number of halogens is 2. The summed E-state index contributed by atoms with van der Waals surface area (Å²) in [6.07, 6.45) is 5.79. The SMILES string of the molecule is [N-]=[N+]=NCCC=Cc1c(Cl)ccnc1Cl. The summed E-state index contributed by atoms with van der Waals surface area (Å²) in [7, 11) is 0. The molecule has 1 heterocycles. The summed E-state index contributed by atoms with van der Waals surface area (Å²) in [6.45, 7) is 0.419. The van der Waals surface area contributed by atoms with Crippen molar-refractivity contribution in [2.75, 3.05) is 6.54 Å². The fourth-order valence-corrected chi connectivity index (χ4v) is 1.43. The Balaban J connectivity index is 2.67. The van der Waals surface area contributed by atoms with Gasteiger partial charge in [0.15, 0.2) is 0 Å². The van der Waals surface area contributed by atoms with E-state index in [-0.39, 0.29) is 0 Å². The molecular weight excluding hydrogens is 235 g/mol. The van der Waals surface area contributed by atoms with Crippen molar-refractivity contribution in [2.24, 2.45) is 5.11 Å². The first-order valence-electron chi connectivity index (χ1n) is 4.23. The third kappa shape index (κ3) is 3.80. The molecule has 0 atom stereocenters. The molecule has 0 radical (unpaired) electrons. The molecule has 0 N–H and O–H groups in total. The number of hydrogen-bond acceptors (Lipinski definition) is 2. The molecule has 78 valence electrons. The first kappa shape index (κ1) is 11.9. The van der Waals surface area contributed by atoms with Crippen molar-refractivity contribution in [3.8, 4) is 0 Å². The van der Waals surface area contributed by atoms with Crippen molar-refractivity contribution in [1.29, 1.82) is 0 Å². The molecule has 0 saturated carbocycles. The van der Waals surface area contributed by atoms with Crippen LogP contribution >= 0.6 is 23.2 Å². The van der Waals surface area contributed by atoms with Gasteiger partial charge in [0, 0.05) is 23.2 Å². The highest BCUT2D eigenvalue weighted by Crippen LogP contribution is 2.23. The van der Waals surface area contributed by atoms with Crippen molar-refractivity contribution >= 4 is 29.3 Å². The number of pyridine rings is 1. The van der Waals surface area contributed by atoms with Crippen LogP contribution < -0.4 is 0 Å². The van der Waals surface area contributed by atoms with Crippen LogP contribution in [0.1, 0.15) is 12.0 Å². The van der Waals surface area contributed by atoms with Gasteiger partial charge in [0.1, 0.15) is 5.15 Å². The summed E-state index contributed by atoms with van der Waals surface area (Å²) in [4.78, 5) is 6.54. The molecule has 1 aromatic heterocycles. The second-order valence-corrected chi connectivity index (χ2v) is 3.41. The maximum absolute atomic E-state index is 8.05. The van der Waals surface area contributed by atoms with Gasteiger partial charge in [-0.15, -0.1) is 0 Å². The van der Waals surface area contributed by atoms with E-state index in [1.165, 1.54) is 0 Å². The van der Waals surface area contributed by atoms with E-state index in [9.17, 15) is 0 Å². The van der Waals surface area contributed by atoms with Gasteiger partial charge in [-0.25, -0.2) is 4.98 Å². The normalized spacial score (nSPS) is 10.3. The van der Waals surface area contributed by atoms with Gasteiger partial charge in [-0.05, 0) is 18.0 Å². The summed E-state index contributed by atoms with van der Waals surface area (Å²) < 4.78 is 0. The van der Waals surface area contributed by atoms with Crippen LogP contribution in [0.15, 0.2) is 23.5 Å². The Hall–Kier alpha value is -1.22. The molecule has 6 heteroatoms. The fraction of sp³-hybridized carbons (Fsp3) is 0.222. The molecule has 0 aromatic carbocycles. The predicted molar refractivity (Wildman–Crippen MR) is 61.9 cm³/mol. The summed E-state index contributed by atoms with van der Waals surface area (Å²) >= 11 is 11.8. The zero-order valence-electron chi connectivity index (χ0n) is 7.77. The number of hydrogen-bond donors (Lipinski definition) is 0. The molecule has 1 rings (SSSR count). The van der Waals surface area contributed by atoms with Crippen LogP contribution in [-0.2, 0) is 0 Å². The maximum atomic E-state index is 8.05. The maximum Gasteiger partial charge on any atom is 0.137 e. The van der Waals surface area contributed by atoms with Crippen molar-refractivity contribution in [3.63, 3.8) is 0 Å². The van der Waals surface area contributed by atoms with Gasteiger partial charge >= 0.3 is 0 Å². The fourth-order valence-electron chi connectivity index (χ4n) is 0.953. The topological polar surface area (TPSA) is 61.7 Å². The van der Waals surface area contributed by atoms with Crippen LogP contribution in [0, 0.1) is 0 Å². The molecule has 0 aliphatic heterocycles. The monoisotopic (exact) mass is 242 g/mol. The van der Waals surface area contributed by atoms with Crippen LogP contribution in [0.3, 0.4) is 0 Å². The average molecular weight is 243 g/mol. The van der Waals surface area contributed by atoms with Gasteiger partial charge in [-0.3, -0.25) is 0 Å². The van der Waals surface area contributed by atoms with Crippen LogP contribution in [0.25, 0.3) is 16.5 Å². The molecular formula is C9H8Cl2N4. The van der Waals surface area contributed by atoms with Gasteiger partial charge in [0.25, 0.3) is 0 Å². The van der Waals surface area contributed by atoms with Crippen molar-refractivity contribution in [2.45, 2.75) is 6.42 Å². The Morgan fingerprint density at radius 2 is 2.33 bits per heavy atom. The first-order chi connectivity index (χ1) is 7.25. The summed E-state index contributed by atoms with van der Waals surface area (Å²) in [6, 6.07) is 1.67. The van der Waals surface area contributed by atoms with Gasteiger partial charge in [0.05, 0.1) is 5.02 Å². The molecule has 0 aliphatic carbocycles. The Bertz CT molecular complexity index is 390. The molecule has 0 bridgehead atoms. The zero-order chi connectivity index (χ0) is 11.1. The van der Waals surface area contributed by atoms with E-state index < -0.39 is 0 Å². The van der Waals surface area contributed by atoms with Crippen LogP contribution in [0.2, 0.25) is 10.2 Å². The van der Waals surface area contributed by atoms with Crippen molar-refractivity contribution in [3.05, 3.63) is 44.5 Å². The zero-order valence-corrected chi connectivity index (χ0v) is 9.28. The van der Waals surface area contributed by atoms with E-state index in [1.807, 2.05) is 6.08 Å². The highest BCUT2D eigenvalue weighted by Gasteiger charge is 2.01. The van der Waals surface area contributed by atoms with Gasteiger partial charge in [-0.1, -0.05) is 40.5 Å². The molecule has 4 nitrogen and oxygen atoms in total. The van der Waals surface area contributed by atoms with Crippen LogP contribution in [0.5, 0.6) is 0 Å². The van der Waals surface area contributed by atoms with E-state index in [1.54, 1.807) is 18.3 Å². The lowest BCUT2D eigenvalue weighted by molar-refractivity contribution is 0.995. The van der Waals surface area contributed by atoms with Crippen molar-refractivity contribution in [1.82, 2.24) is 4.98 Å². The molecule has 0 saturated heterocycles. The third-order valence-electron chi connectivity index (χ3n) is 1.63. The van der Waals surface area contributed by atoms with Crippen LogP contribution in [0.4, 0.5) is 0 Å². The predicted octanol–water partition coefficient (Wildman–Crippen LogP) is 4.10. The smallest absolute Gasteiger partial charge is 0.137 e. The Morgan fingerprint density at radius 1 is 1.53 bits per heavy atom. The largest absolute Gasteiger partial charge is 0.244 e. The molecule has 15 heavy (non-hydrogen) atoms. The molecule has 0 fully saturated rings. The highest BCUT2D eigenvalue weighted by atomic mass is 35.5. The minimum absolute atomic E-state index is 0.363. The first-order valence-corrected chi connectivity index (χ1v) is 4.98. The van der Waals surface area contributed by atoms with E-state index >= 15 is 0 Å². The Labute approximate surface area is 97.2 Å². The molecule has 0 amide bonds. The highest BCUT2D eigenvalue weighted by molar-refractivity contribution is 6.36. The van der Waals surface area contributed by atoms with Gasteiger partial charge in [-0.2, -0.15) is 0 Å². The quantitative estimate of drug-likeness (QED) is 0.258. The molecule has 1 aromatic rings. The van der Waals surface area contributed by atoms with Crippen LogP contribution in [-0.4, -0.2) is 11.5 Å². The summed E-state index contributed by atoms with van der Waals surface area (Å²) in [5, 5.41) is 4.31. The third-order valence-corrected chi connectivity index (χ3v) is 2.26. The second-order valence-electron chi connectivity index (χ2n) is 2.64.